The highest BCUT2D eigenvalue weighted by Gasteiger charge is 2.10. The number of carbonyl (C=O) groups is 1. The maximum Gasteiger partial charge on any atom is 0.164 e. The summed E-state index contributed by atoms with van der Waals surface area (Å²) < 4.78 is 5.32. The maximum atomic E-state index is 12.0. The molecule has 0 N–H and O–H groups in total. The van der Waals surface area contributed by atoms with Crippen molar-refractivity contribution in [2.45, 2.75) is 19.8 Å². The van der Waals surface area contributed by atoms with Crippen LogP contribution in [-0.4, -0.2) is 15.9 Å². The molecule has 2 aromatic heterocycles. The number of ketones is 1. The fourth-order valence-corrected chi connectivity index (χ4v) is 2.20. The van der Waals surface area contributed by atoms with E-state index < -0.39 is 0 Å². The standard InChI is InChI=1S/C18H16N2O2/c1-13-4-6-14(7-5-13)17-11-16(22-20-17)8-9-18(21)15-3-2-10-19-12-15/h2-7,10-12H,8-9H2,1H3. The fraction of sp³-hybridized carbons (Fsp3) is 0.167. The van der Waals surface area contributed by atoms with Crippen molar-refractivity contribution in [3.63, 3.8) is 0 Å². The van der Waals surface area contributed by atoms with Crippen molar-refractivity contribution >= 4 is 5.78 Å². The molecule has 2 heterocycles. The lowest BCUT2D eigenvalue weighted by molar-refractivity contribution is 0.0980. The predicted octanol–water partition coefficient (Wildman–Crippen LogP) is 3.86. The summed E-state index contributed by atoms with van der Waals surface area (Å²) in [4.78, 5) is 16.0. The molecule has 0 atom stereocenters. The summed E-state index contributed by atoms with van der Waals surface area (Å²) in [6.45, 7) is 2.04. The van der Waals surface area contributed by atoms with Crippen LogP contribution in [0, 0.1) is 6.92 Å². The minimum Gasteiger partial charge on any atom is -0.361 e. The molecule has 4 heteroatoms. The molecule has 4 nitrogen and oxygen atoms in total. The molecule has 0 aliphatic heterocycles. The molecule has 0 saturated carbocycles. The summed E-state index contributed by atoms with van der Waals surface area (Å²) >= 11 is 0. The third kappa shape index (κ3) is 3.28. The first-order valence-electron chi connectivity index (χ1n) is 7.18. The second-order valence-electron chi connectivity index (χ2n) is 5.21. The van der Waals surface area contributed by atoms with Crippen molar-refractivity contribution in [2.24, 2.45) is 0 Å². The molecule has 1 aromatic carbocycles. The SMILES string of the molecule is Cc1ccc(-c2cc(CCC(=O)c3cccnc3)on2)cc1. The van der Waals surface area contributed by atoms with E-state index in [-0.39, 0.29) is 5.78 Å². The third-order valence-corrected chi connectivity index (χ3v) is 3.49. The lowest BCUT2D eigenvalue weighted by atomic mass is 10.1. The quantitative estimate of drug-likeness (QED) is 0.670. The highest BCUT2D eigenvalue weighted by atomic mass is 16.5. The zero-order valence-electron chi connectivity index (χ0n) is 12.3. The van der Waals surface area contributed by atoms with Gasteiger partial charge in [-0.15, -0.1) is 0 Å². The number of aryl methyl sites for hydroxylation is 2. The molecular formula is C18H16N2O2. The smallest absolute Gasteiger partial charge is 0.164 e. The van der Waals surface area contributed by atoms with Crippen molar-refractivity contribution < 1.29 is 9.32 Å². The number of hydrogen-bond donors (Lipinski definition) is 0. The van der Waals surface area contributed by atoms with Crippen molar-refractivity contribution in [2.75, 3.05) is 0 Å². The third-order valence-electron chi connectivity index (χ3n) is 3.49. The Morgan fingerprint density at radius 1 is 1.18 bits per heavy atom. The molecule has 0 saturated heterocycles. The number of hydrogen-bond acceptors (Lipinski definition) is 4. The van der Waals surface area contributed by atoms with Crippen LogP contribution in [0.25, 0.3) is 11.3 Å². The van der Waals surface area contributed by atoms with Crippen molar-refractivity contribution in [3.8, 4) is 11.3 Å². The van der Waals surface area contributed by atoms with E-state index in [1.807, 2.05) is 37.3 Å². The van der Waals surface area contributed by atoms with E-state index in [0.717, 1.165) is 11.3 Å². The van der Waals surface area contributed by atoms with E-state index in [0.29, 0.717) is 24.2 Å². The summed E-state index contributed by atoms with van der Waals surface area (Å²) in [5, 5.41) is 4.07. The zero-order chi connectivity index (χ0) is 15.4. The minimum atomic E-state index is 0.0568. The average Bonchev–Trinajstić information content (AvgIpc) is 3.03. The van der Waals surface area contributed by atoms with E-state index in [1.165, 1.54) is 5.56 Å². The van der Waals surface area contributed by atoms with Gasteiger partial charge < -0.3 is 4.52 Å². The molecule has 0 bridgehead atoms. The normalized spacial score (nSPS) is 10.6. The van der Waals surface area contributed by atoms with Crippen molar-refractivity contribution in [1.29, 1.82) is 0 Å². The van der Waals surface area contributed by atoms with Gasteiger partial charge in [-0.25, -0.2) is 0 Å². The van der Waals surface area contributed by atoms with Crippen LogP contribution in [0.5, 0.6) is 0 Å². The van der Waals surface area contributed by atoms with Crippen LogP contribution in [0.3, 0.4) is 0 Å². The topological polar surface area (TPSA) is 56.0 Å². The molecule has 0 spiro atoms. The molecule has 110 valence electrons. The first-order chi connectivity index (χ1) is 10.7. The van der Waals surface area contributed by atoms with Crippen LogP contribution in [0.4, 0.5) is 0 Å². The van der Waals surface area contributed by atoms with Gasteiger partial charge >= 0.3 is 0 Å². The van der Waals surface area contributed by atoms with E-state index in [9.17, 15) is 4.79 Å². The molecule has 0 amide bonds. The molecule has 0 radical (unpaired) electrons. The van der Waals surface area contributed by atoms with Gasteiger partial charge in [-0.05, 0) is 19.1 Å². The van der Waals surface area contributed by atoms with Gasteiger partial charge in [0.05, 0.1) is 0 Å². The number of benzene rings is 1. The first-order valence-corrected chi connectivity index (χ1v) is 7.18. The first kappa shape index (κ1) is 14.2. The predicted molar refractivity (Wildman–Crippen MR) is 83.6 cm³/mol. The Hall–Kier alpha value is -2.75. The van der Waals surface area contributed by atoms with Gasteiger partial charge in [0.25, 0.3) is 0 Å². The summed E-state index contributed by atoms with van der Waals surface area (Å²) in [5.41, 5.74) is 3.64. The van der Waals surface area contributed by atoms with Crippen LogP contribution in [0.15, 0.2) is 59.4 Å². The Labute approximate surface area is 128 Å². The summed E-state index contributed by atoms with van der Waals surface area (Å²) in [7, 11) is 0. The monoisotopic (exact) mass is 292 g/mol. The molecule has 0 fully saturated rings. The highest BCUT2D eigenvalue weighted by Crippen LogP contribution is 2.20. The molecule has 22 heavy (non-hydrogen) atoms. The molecule has 3 aromatic rings. The fourth-order valence-electron chi connectivity index (χ4n) is 2.20. The van der Waals surface area contributed by atoms with Gasteiger partial charge in [0.15, 0.2) is 5.78 Å². The Kier molecular flexibility index (Phi) is 4.10. The number of Topliss-reactive ketones (excluding diaryl/α,β-unsaturated/α-hetero) is 1. The van der Waals surface area contributed by atoms with Crippen molar-refractivity contribution in [3.05, 3.63) is 71.7 Å². The summed E-state index contributed by atoms with van der Waals surface area (Å²) in [5.74, 6) is 0.772. The van der Waals surface area contributed by atoms with Crippen LogP contribution >= 0.6 is 0 Å². The van der Waals surface area contributed by atoms with Gasteiger partial charge in [-0.2, -0.15) is 0 Å². The zero-order valence-corrected chi connectivity index (χ0v) is 12.3. The summed E-state index contributed by atoms with van der Waals surface area (Å²) in [6.07, 6.45) is 4.16. The number of nitrogens with zero attached hydrogens (tertiary/aromatic N) is 2. The van der Waals surface area contributed by atoms with E-state index >= 15 is 0 Å². The van der Waals surface area contributed by atoms with Gasteiger partial charge in [0.1, 0.15) is 11.5 Å². The highest BCUT2D eigenvalue weighted by molar-refractivity contribution is 5.95. The molecule has 0 unspecified atom stereocenters. The number of rotatable bonds is 5. The van der Waals surface area contributed by atoms with Crippen LogP contribution in [0.1, 0.15) is 28.1 Å². The minimum absolute atomic E-state index is 0.0568. The second kappa shape index (κ2) is 6.35. The Morgan fingerprint density at radius 3 is 2.73 bits per heavy atom. The van der Waals surface area contributed by atoms with Gasteiger partial charge in [-0.3, -0.25) is 9.78 Å². The molecule has 0 aliphatic carbocycles. The lowest BCUT2D eigenvalue weighted by Crippen LogP contribution is -2.00. The van der Waals surface area contributed by atoms with Crippen LogP contribution in [-0.2, 0) is 6.42 Å². The largest absolute Gasteiger partial charge is 0.361 e. The average molecular weight is 292 g/mol. The molecule has 3 rings (SSSR count). The molecule has 0 aliphatic rings. The number of carbonyl (C=O) groups excluding carboxylic acids is 1. The van der Waals surface area contributed by atoms with Gasteiger partial charge in [0.2, 0.25) is 0 Å². The maximum absolute atomic E-state index is 12.0. The van der Waals surface area contributed by atoms with E-state index in [2.05, 4.69) is 10.1 Å². The van der Waals surface area contributed by atoms with Crippen LogP contribution < -0.4 is 0 Å². The summed E-state index contributed by atoms with van der Waals surface area (Å²) in [6, 6.07) is 13.5. The molecular weight excluding hydrogens is 276 g/mol. The van der Waals surface area contributed by atoms with E-state index in [4.69, 9.17) is 4.52 Å². The van der Waals surface area contributed by atoms with Crippen molar-refractivity contribution in [1.82, 2.24) is 10.1 Å². The van der Waals surface area contributed by atoms with Gasteiger partial charge in [-0.1, -0.05) is 35.0 Å². The van der Waals surface area contributed by atoms with E-state index in [1.54, 1.807) is 24.5 Å². The second-order valence-corrected chi connectivity index (χ2v) is 5.21. The Bertz CT molecular complexity index is 761. The van der Waals surface area contributed by atoms with Crippen LogP contribution in [0.2, 0.25) is 0 Å². The lowest BCUT2D eigenvalue weighted by Gasteiger charge is -1.97. The Morgan fingerprint density at radius 2 is 2.00 bits per heavy atom. The van der Waals surface area contributed by atoms with Gasteiger partial charge in [0, 0.05) is 42.4 Å². The number of pyridine rings is 1. The number of aromatic nitrogens is 2. The Balaban J connectivity index is 1.65.